The second kappa shape index (κ2) is 8.59. The Hall–Kier alpha value is 0.496. The summed E-state index contributed by atoms with van der Waals surface area (Å²) in [6.45, 7) is 0. The third kappa shape index (κ3) is 10.5. The van der Waals surface area contributed by atoms with Crippen molar-refractivity contribution in [2.24, 2.45) is 0 Å². The molecule has 0 aliphatic rings. The fourth-order valence-corrected chi connectivity index (χ4v) is 0.253. The minimum atomic E-state index is -1.79. The van der Waals surface area contributed by atoms with Crippen LogP contribution in [0.4, 0.5) is 0 Å². The molecule has 6 N–H and O–H groups in total. The van der Waals surface area contributed by atoms with Crippen LogP contribution in [0.2, 0.25) is 0 Å². The molecule has 0 rings (SSSR count). The van der Waals surface area contributed by atoms with Crippen molar-refractivity contribution in [2.45, 2.75) is 12.5 Å². The van der Waals surface area contributed by atoms with Crippen LogP contribution in [0, 0.1) is 0 Å². The second-order valence-corrected chi connectivity index (χ2v) is 1.45. The molecule has 11 heavy (non-hydrogen) atoms. The quantitative estimate of drug-likeness (QED) is 0.398. The van der Waals surface area contributed by atoms with Gasteiger partial charge in [0.1, 0.15) is 0 Å². The summed E-state index contributed by atoms with van der Waals surface area (Å²) in [6.07, 6.45) is -2.54. The number of hydrogen-bond donors (Lipinski definition) is 4. The van der Waals surface area contributed by atoms with E-state index >= 15 is 0 Å². The van der Waals surface area contributed by atoms with Gasteiger partial charge in [-0.05, 0) is 0 Å². The van der Waals surface area contributed by atoms with Crippen LogP contribution in [0.3, 0.4) is 0 Å². The van der Waals surface area contributed by atoms with Crippen LogP contribution in [0.1, 0.15) is 6.42 Å². The van der Waals surface area contributed by atoms with Gasteiger partial charge < -0.3 is 21.5 Å². The Balaban J connectivity index is -0.000000320. The molecule has 0 radical (unpaired) electrons. The van der Waals surface area contributed by atoms with Crippen LogP contribution in [-0.4, -0.2) is 84.7 Å². The standard InChI is InChI=1S/C4H6O5.K.H3N.H/c5-2(4(8)9)1-3(6)7;;;/h2,5H,1H2,(H,6,7)(H,8,9);;1H3;. The zero-order valence-corrected chi connectivity index (χ0v) is 5.15. The van der Waals surface area contributed by atoms with Gasteiger partial charge in [-0.25, -0.2) is 4.79 Å². The Morgan fingerprint density at radius 3 is 1.73 bits per heavy atom. The molecule has 0 aliphatic heterocycles. The van der Waals surface area contributed by atoms with Crippen LogP contribution >= 0.6 is 0 Å². The van der Waals surface area contributed by atoms with Crippen molar-refractivity contribution in [3.63, 3.8) is 0 Å². The van der Waals surface area contributed by atoms with Gasteiger partial charge in [-0.1, -0.05) is 0 Å². The first-order valence-electron chi connectivity index (χ1n) is 2.16. The number of carboxylic acids is 2. The molecule has 0 aromatic carbocycles. The van der Waals surface area contributed by atoms with Gasteiger partial charge in [-0.15, -0.1) is 0 Å². The van der Waals surface area contributed by atoms with Crippen LogP contribution < -0.4 is 6.15 Å². The average Bonchev–Trinajstić information content (AvgIpc) is 1.63. The zero-order valence-electron chi connectivity index (χ0n) is 5.15. The topological polar surface area (TPSA) is 130 Å². The van der Waals surface area contributed by atoms with Crippen molar-refractivity contribution in [3.8, 4) is 0 Å². The van der Waals surface area contributed by atoms with Gasteiger partial charge in [0.25, 0.3) is 0 Å². The molecule has 0 spiro atoms. The Kier molecular flexibility index (Phi) is 13.7. The van der Waals surface area contributed by atoms with Crippen LogP contribution in [0.5, 0.6) is 0 Å². The normalized spacial score (nSPS) is 10.3. The van der Waals surface area contributed by atoms with Crippen molar-refractivity contribution in [1.82, 2.24) is 6.15 Å². The minimum absolute atomic E-state index is 0. The summed E-state index contributed by atoms with van der Waals surface area (Å²) in [5.41, 5.74) is 0. The van der Waals surface area contributed by atoms with Crippen LogP contribution in [-0.2, 0) is 9.59 Å². The maximum absolute atomic E-state index is 9.72. The molecule has 0 aliphatic carbocycles. The number of carbonyl (C=O) groups is 2. The fourth-order valence-electron chi connectivity index (χ4n) is 0.253. The molecule has 0 saturated heterocycles. The van der Waals surface area contributed by atoms with Crippen LogP contribution in [0.15, 0.2) is 0 Å². The summed E-state index contributed by atoms with van der Waals surface area (Å²) in [5.74, 6) is -2.85. The van der Waals surface area contributed by atoms with Crippen molar-refractivity contribution in [3.05, 3.63) is 0 Å². The molecule has 0 heterocycles. The number of rotatable bonds is 3. The Bertz CT molecular complexity index is 138. The molecule has 62 valence electrons. The fraction of sp³-hybridized carbons (Fsp3) is 0.500. The van der Waals surface area contributed by atoms with Crippen molar-refractivity contribution < 1.29 is 24.9 Å². The maximum atomic E-state index is 9.72. The first kappa shape index (κ1) is 17.5. The molecule has 0 saturated carbocycles. The summed E-state index contributed by atoms with van der Waals surface area (Å²) >= 11 is 0. The molecular weight excluding hydrogens is 181 g/mol. The van der Waals surface area contributed by atoms with Crippen LogP contribution in [0.25, 0.3) is 0 Å². The predicted octanol–water partition coefficient (Wildman–Crippen LogP) is -1.58. The summed E-state index contributed by atoms with van der Waals surface area (Å²) in [6, 6.07) is 0. The molecule has 0 aromatic heterocycles. The summed E-state index contributed by atoms with van der Waals surface area (Å²) < 4.78 is 0. The van der Waals surface area contributed by atoms with E-state index in [1.807, 2.05) is 0 Å². The molecule has 1 unspecified atom stereocenters. The van der Waals surface area contributed by atoms with Gasteiger partial charge in [0.2, 0.25) is 0 Å². The van der Waals surface area contributed by atoms with E-state index in [0.717, 1.165) is 0 Å². The van der Waals surface area contributed by atoms with E-state index in [4.69, 9.17) is 15.3 Å². The molecule has 0 bridgehead atoms. The third-order valence-corrected chi connectivity index (χ3v) is 0.653. The second-order valence-electron chi connectivity index (χ2n) is 1.45. The first-order chi connectivity index (χ1) is 4.04. The molecule has 1 atom stereocenters. The summed E-state index contributed by atoms with van der Waals surface area (Å²) in [7, 11) is 0. The molecule has 6 nitrogen and oxygen atoms in total. The molecule has 7 heteroatoms. The van der Waals surface area contributed by atoms with Gasteiger partial charge in [0.15, 0.2) is 6.10 Å². The van der Waals surface area contributed by atoms with Gasteiger partial charge in [0, 0.05) is 0 Å². The van der Waals surface area contributed by atoms with E-state index in [0.29, 0.717) is 0 Å². The van der Waals surface area contributed by atoms with Gasteiger partial charge in [-0.3, -0.25) is 4.79 Å². The first-order valence-corrected chi connectivity index (χ1v) is 2.16. The SMILES string of the molecule is N.O=C(O)CC(O)C(=O)O.[KH]. The van der Waals surface area contributed by atoms with Gasteiger partial charge in [-0.2, -0.15) is 0 Å². The summed E-state index contributed by atoms with van der Waals surface area (Å²) in [4.78, 5) is 19.4. The molecule has 0 aromatic rings. The van der Waals surface area contributed by atoms with E-state index in [1.54, 1.807) is 0 Å². The van der Waals surface area contributed by atoms with Gasteiger partial charge >= 0.3 is 63.3 Å². The van der Waals surface area contributed by atoms with Crippen molar-refractivity contribution >= 4 is 63.3 Å². The molecule has 0 fully saturated rings. The van der Waals surface area contributed by atoms with E-state index in [9.17, 15) is 9.59 Å². The molecule has 0 amide bonds. The van der Waals surface area contributed by atoms with Crippen molar-refractivity contribution in [2.75, 3.05) is 0 Å². The summed E-state index contributed by atoms with van der Waals surface area (Å²) in [5, 5.41) is 24.1. The van der Waals surface area contributed by atoms with E-state index < -0.39 is 24.5 Å². The zero-order chi connectivity index (χ0) is 7.44. The number of hydrogen-bond acceptors (Lipinski definition) is 4. The van der Waals surface area contributed by atoms with Crippen molar-refractivity contribution in [1.29, 1.82) is 0 Å². The monoisotopic (exact) mass is 191 g/mol. The van der Waals surface area contributed by atoms with E-state index in [1.165, 1.54) is 0 Å². The number of aliphatic carboxylic acids is 2. The van der Waals surface area contributed by atoms with E-state index in [-0.39, 0.29) is 57.5 Å². The Labute approximate surface area is 106 Å². The Morgan fingerprint density at radius 1 is 1.27 bits per heavy atom. The third-order valence-electron chi connectivity index (χ3n) is 0.653. The number of carboxylic acid groups (broad SMARTS) is 2. The van der Waals surface area contributed by atoms with E-state index in [2.05, 4.69) is 0 Å². The number of aliphatic hydroxyl groups is 1. The Morgan fingerprint density at radius 2 is 1.64 bits per heavy atom. The van der Waals surface area contributed by atoms with Gasteiger partial charge in [0.05, 0.1) is 6.42 Å². The predicted molar refractivity (Wildman–Crippen MR) is 38.1 cm³/mol. The number of aliphatic hydroxyl groups excluding tert-OH is 1. The average molecular weight is 191 g/mol. The molecular formula is C4H10KNO5.